The fraction of sp³-hybridized carbons (Fsp3) is 0.833. The topological polar surface area (TPSA) is 84.7 Å². The molecule has 3 N–H and O–H groups in total. The summed E-state index contributed by atoms with van der Waals surface area (Å²) in [4.78, 5) is 23.6. The van der Waals surface area contributed by atoms with Gasteiger partial charge in [0.05, 0.1) is 7.11 Å². The lowest BCUT2D eigenvalue weighted by Crippen LogP contribution is -2.56. The standard InChI is InChI=1S/C12H23N3O3/c1-8(2)10(15(13)12(17)18-3)11(16)14-9-6-4-5-7-9/h8-10H,4-7,13H2,1-3H3,(H,14,16). The monoisotopic (exact) mass is 257 g/mol. The largest absolute Gasteiger partial charge is 0.452 e. The number of nitrogens with zero attached hydrogens (tertiary/aromatic N) is 1. The third kappa shape index (κ3) is 3.60. The van der Waals surface area contributed by atoms with Crippen LogP contribution < -0.4 is 11.2 Å². The van der Waals surface area contributed by atoms with Gasteiger partial charge in [-0.05, 0) is 18.8 Å². The Morgan fingerprint density at radius 3 is 2.33 bits per heavy atom. The lowest BCUT2D eigenvalue weighted by molar-refractivity contribution is -0.128. The van der Waals surface area contributed by atoms with Gasteiger partial charge in [-0.3, -0.25) is 4.79 Å². The highest BCUT2D eigenvalue weighted by Crippen LogP contribution is 2.18. The second kappa shape index (κ2) is 6.58. The van der Waals surface area contributed by atoms with Crippen LogP contribution in [0, 0.1) is 5.92 Å². The van der Waals surface area contributed by atoms with E-state index < -0.39 is 12.1 Å². The Morgan fingerprint density at radius 1 is 1.33 bits per heavy atom. The number of carbonyl (C=O) groups excluding carboxylic acids is 2. The van der Waals surface area contributed by atoms with Crippen LogP contribution >= 0.6 is 0 Å². The van der Waals surface area contributed by atoms with E-state index in [-0.39, 0.29) is 17.9 Å². The van der Waals surface area contributed by atoms with E-state index in [0.29, 0.717) is 0 Å². The molecular weight excluding hydrogens is 234 g/mol. The van der Waals surface area contributed by atoms with Crippen molar-refractivity contribution in [3.8, 4) is 0 Å². The fourth-order valence-electron chi connectivity index (χ4n) is 2.33. The van der Waals surface area contributed by atoms with E-state index >= 15 is 0 Å². The molecule has 1 aliphatic carbocycles. The molecule has 1 aliphatic rings. The van der Waals surface area contributed by atoms with E-state index in [1.807, 2.05) is 13.8 Å². The molecular formula is C12H23N3O3. The molecule has 0 aromatic rings. The minimum Gasteiger partial charge on any atom is -0.452 e. The Hall–Kier alpha value is -1.30. The molecule has 0 aliphatic heterocycles. The van der Waals surface area contributed by atoms with Crippen molar-refractivity contribution >= 4 is 12.0 Å². The predicted molar refractivity (Wildman–Crippen MR) is 67.5 cm³/mol. The number of ether oxygens (including phenoxy) is 1. The number of carbonyl (C=O) groups is 2. The third-order valence-corrected chi connectivity index (χ3v) is 3.29. The maximum absolute atomic E-state index is 12.2. The quantitative estimate of drug-likeness (QED) is 0.447. The average molecular weight is 257 g/mol. The van der Waals surface area contributed by atoms with Gasteiger partial charge >= 0.3 is 6.09 Å². The number of rotatable bonds is 4. The van der Waals surface area contributed by atoms with Gasteiger partial charge in [-0.1, -0.05) is 26.7 Å². The molecule has 1 unspecified atom stereocenters. The molecule has 18 heavy (non-hydrogen) atoms. The van der Waals surface area contributed by atoms with Gasteiger partial charge in [-0.15, -0.1) is 0 Å². The van der Waals surface area contributed by atoms with Crippen LogP contribution in [0.4, 0.5) is 4.79 Å². The molecule has 0 radical (unpaired) electrons. The summed E-state index contributed by atoms with van der Waals surface area (Å²) in [7, 11) is 1.24. The van der Waals surface area contributed by atoms with Gasteiger partial charge in [0.25, 0.3) is 0 Å². The maximum Gasteiger partial charge on any atom is 0.424 e. The van der Waals surface area contributed by atoms with Crippen molar-refractivity contribution in [2.75, 3.05) is 7.11 Å². The second-order valence-corrected chi connectivity index (χ2v) is 5.06. The zero-order valence-electron chi connectivity index (χ0n) is 11.3. The van der Waals surface area contributed by atoms with Gasteiger partial charge in [0.15, 0.2) is 0 Å². The van der Waals surface area contributed by atoms with E-state index in [1.54, 1.807) is 0 Å². The number of nitrogens with two attached hydrogens (primary N) is 1. The van der Waals surface area contributed by atoms with Crippen LogP contribution in [-0.2, 0) is 9.53 Å². The van der Waals surface area contributed by atoms with Crippen molar-refractivity contribution in [1.29, 1.82) is 0 Å². The lowest BCUT2D eigenvalue weighted by Gasteiger charge is -2.29. The van der Waals surface area contributed by atoms with Gasteiger partial charge in [-0.2, -0.15) is 0 Å². The van der Waals surface area contributed by atoms with Crippen LogP contribution in [-0.4, -0.2) is 36.2 Å². The van der Waals surface area contributed by atoms with Crippen molar-refractivity contribution in [2.24, 2.45) is 11.8 Å². The molecule has 6 heteroatoms. The van der Waals surface area contributed by atoms with Gasteiger partial charge in [0, 0.05) is 6.04 Å². The van der Waals surface area contributed by atoms with Crippen LogP contribution in [0.2, 0.25) is 0 Å². The van der Waals surface area contributed by atoms with E-state index in [1.165, 1.54) is 7.11 Å². The molecule has 0 saturated heterocycles. The van der Waals surface area contributed by atoms with Crippen LogP contribution in [0.25, 0.3) is 0 Å². The number of methoxy groups -OCH3 is 1. The van der Waals surface area contributed by atoms with Crippen molar-refractivity contribution in [2.45, 2.75) is 51.6 Å². The molecule has 1 fully saturated rings. The molecule has 2 amide bonds. The van der Waals surface area contributed by atoms with Gasteiger partial charge in [-0.25, -0.2) is 15.6 Å². The number of nitrogens with one attached hydrogen (secondary N) is 1. The smallest absolute Gasteiger partial charge is 0.424 e. The summed E-state index contributed by atoms with van der Waals surface area (Å²) in [5.41, 5.74) is 0. The third-order valence-electron chi connectivity index (χ3n) is 3.29. The second-order valence-electron chi connectivity index (χ2n) is 5.06. The summed E-state index contributed by atoms with van der Waals surface area (Å²) in [6.07, 6.45) is 3.58. The van der Waals surface area contributed by atoms with Crippen LogP contribution in [0.15, 0.2) is 0 Å². The molecule has 1 rings (SSSR count). The lowest BCUT2D eigenvalue weighted by atomic mass is 10.0. The SMILES string of the molecule is COC(=O)N(N)C(C(=O)NC1CCCC1)C(C)C. The van der Waals surface area contributed by atoms with Crippen LogP contribution in [0.5, 0.6) is 0 Å². The minimum absolute atomic E-state index is 0.0736. The van der Waals surface area contributed by atoms with Crippen molar-refractivity contribution in [3.05, 3.63) is 0 Å². The Labute approximate surface area is 108 Å². The number of hydrogen-bond donors (Lipinski definition) is 2. The Kier molecular flexibility index (Phi) is 5.40. The first-order valence-corrected chi connectivity index (χ1v) is 6.39. The summed E-state index contributed by atoms with van der Waals surface area (Å²) in [6, 6.07) is -0.483. The first kappa shape index (κ1) is 14.8. The average Bonchev–Trinajstić information content (AvgIpc) is 2.80. The molecule has 0 aromatic heterocycles. The molecule has 1 saturated carbocycles. The molecule has 6 nitrogen and oxygen atoms in total. The van der Waals surface area contributed by atoms with E-state index in [2.05, 4.69) is 10.1 Å². The van der Waals surface area contributed by atoms with E-state index in [0.717, 1.165) is 30.7 Å². The fourth-order valence-corrected chi connectivity index (χ4v) is 2.33. The Balaban J connectivity index is 2.65. The molecule has 104 valence electrons. The van der Waals surface area contributed by atoms with Gasteiger partial charge in [0.1, 0.15) is 6.04 Å². The Morgan fingerprint density at radius 2 is 1.89 bits per heavy atom. The van der Waals surface area contributed by atoms with Crippen LogP contribution in [0.3, 0.4) is 0 Å². The molecule has 0 aromatic carbocycles. The summed E-state index contributed by atoms with van der Waals surface area (Å²) in [5.74, 6) is 5.37. The number of hydrogen-bond acceptors (Lipinski definition) is 4. The predicted octanol–water partition coefficient (Wildman–Crippen LogP) is 1.01. The zero-order valence-corrected chi connectivity index (χ0v) is 11.3. The van der Waals surface area contributed by atoms with Crippen molar-refractivity contribution in [1.82, 2.24) is 10.3 Å². The summed E-state index contributed by atoms with van der Waals surface area (Å²) < 4.78 is 4.55. The van der Waals surface area contributed by atoms with Crippen molar-refractivity contribution < 1.29 is 14.3 Å². The summed E-state index contributed by atoms with van der Waals surface area (Å²) >= 11 is 0. The van der Waals surface area contributed by atoms with E-state index in [9.17, 15) is 9.59 Å². The Bertz CT molecular complexity index is 301. The number of hydrazine groups is 1. The molecule has 0 spiro atoms. The minimum atomic E-state index is -0.699. The number of amides is 2. The summed E-state index contributed by atoms with van der Waals surface area (Å²) in [5, 5.41) is 3.82. The normalized spacial score (nSPS) is 17.6. The maximum atomic E-state index is 12.2. The van der Waals surface area contributed by atoms with Gasteiger partial charge in [0.2, 0.25) is 5.91 Å². The first-order chi connectivity index (χ1) is 8.47. The van der Waals surface area contributed by atoms with E-state index in [4.69, 9.17) is 5.84 Å². The highest BCUT2D eigenvalue weighted by molar-refractivity contribution is 5.85. The van der Waals surface area contributed by atoms with Crippen molar-refractivity contribution in [3.63, 3.8) is 0 Å². The zero-order chi connectivity index (χ0) is 13.7. The molecule has 0 bridgehead atoms. The summed E-state index contributed by atoms with van der Waals surface area (Å²) in [6.45, 7) is 3.70. The van der Waals surface area contributed by atoms with Crippen LogP contribution in [0.1, 0.15) is 39.5 Å². The molecule has 0 heterocycles. The van der Waals surface area contributed by atoms with Gasteiger partial charge < -0.3 is 10.1 Å². The highest BCUT2D eigenvalue weighted by Gasteiger charge is 2.32. The highest BCUT2D eigenvalue weighted by atomic mass is 16.5. The molecule has 1 atom stereocenters. The first-order valence-electron chi connectivity index (χ1n) is 6.39.